The molecule has 0 heterocycles. The molecule has 1 aliphatic carbocycles. The second-order valence-corrected chi connectivity index (χ2v) is 8.25. The Hall–Kier alpha value is -1.84. The predicted octanol–water partition coefficient (Wildman–Crippen LogP) is 2.25. The zero-order chi connectivity index (χ0) is 17.9. The second kappa shape index (κ2) is 7.37. The fourth-order valence-electron chi connectivity index (χ4n) is 2.50. The predicted molar refractivity (Wildman–Crippen MR) is 94.0 cm³/mol. The Bertz CT molecular complexity index is 729. The van der Waals surface area contributed by atoms with E-state index in [1.807, 2.05) is 4.90 Å². The average molecular weight is 348 g/mol. The minimum Gasteiger partial charge on any atom is -0.333 e. The molecule has 6 heteroatoms. The SMILES string of the molecule is C#CCNS(=O)(=O)c1ccc(C(=O)N(C2CC2)[C@H](C)C(C)C)cc1. The molecule has 0 spiro atoms. The summed E-state index contributed by atoms with van der Waals surface area (Å²) in [5.74, 6) is 2.55. The quantitative estimate of drug-likeness (QED) is 0.769. The minimum atomic E-state index is -3.64. The van der Waals surface area contributed by atoms with Crippen LogP contribution in [-0.4, -0.2) is 37.9 Å². The molecule has 0 bridgehead atoms. The molecule has 1 atom stereocenters. The van der Waals surface area contributed by atoms with Gasteiger partial charge in [-0.15, -0.1) is 6.42 Å². The van der Waals surface area contributed by atoms with E-state index < -0.39 is 10.0 Å². The van der Waals surface area contributed by atoms with Crippen LogP contribution >= 0.6 is 0 Å². The molecule has 1 amide bonds. The molecule has 0 aromatic heterocycles. The van der Waals surface area contributed by atoms with Crippen LogP contribution < -0.4 is 4.72 Å². The zero-order valence-corrected chi connectivity index (χ0v) is 15.1. The number of hydrogen-bond acceptors (Lipinski definition) is 3. The molecular formula is C18H24N2O3S. The molecule has 130 valence electrons. The largest absolute Gasteiger partial charge is 0.333 e. The van der Waals surface area contributed by atoms with Gasteiger partial charge in [-0.3, -0.25) is 4.79 Å². The molecule has 0 saturated heterocycles. The summed E-state index contributed by atoms with van der Waals surface area (Å²) < 4.78 is 26.3. The van der Waals surface area contributed by atoms with Gasteiger partial charge in [0.2, 0.25) is 10.0 Å². The van der Waals surface area contributed by atoms with Gasteiger partial charge in [0.1, 0.15) is 0 Å². The van der Waals surface area contributed by atoms with Gasteiger partial charge < -0.3 is 4.90 Å². The van der Waals surface area contributed by atoms with Crippen molar-refractivity contribution in [2.75, 3.05) is 6.54 Å². The average Bonchev–Trinajstić information content (AvgIpc) is 3.38. The molecule has 0 radical (unpaired) electrons. The number of sulfonamides is 1. The molecular weight excluding hydrogens is 324 g/mol. The van der Waals surface area contributed by atoms with Crippen LogP contribution in [-0.2, 0) is 10.0 Å². The van der Waals surface area contributed by atoms with E-state index in [1.165, 1.54) is 12.1 Å². The Labute approximate surface area is 144 Å². The van der Waals surface area contributed by atoms with Gasteiger partial charge in [-0.2, -0.15) is 4.72 Å². The number of carbonyl (C=O) groups is 1. The Kier molecular flexibility index (Phi) is 5.68. The Morgan fingerprint density at radius 1 is 1.29 bits per heavy atom. The minimum absolute atomic E-state index is 0.0424. The van der Waals surface area contributed by atoms with Crippen molar-refractivity contribution in [2.24, 2.45) is 5.92 Å². The van der Waals surface area contributed by atoms with Crippen molar-refractivity contribution in [2.45, 2.75) is 50.6 Å². The van der Waals surface area contributed by atoms with Crippen LogP contribution in [0, 0.1) is 18.3 Å². The fourth-order valence-corrected chi connectivity index (χ4v) is 3.44. The molecule has 1 N–H and O–H groups in total. The van der Waals surface area contributed by atoms with E-state index >= 15 is 0 Å². The van der Waals surface area contributed by atoms with Gasteiger partial charge in [-0.1, -0.05) is 19.8 Å². The first-order chi connectivity index (χ1) is 11.3. The highest BCUT2D eigenvalue weighted by molar-refractivity contribution is 7.89. The first kappa shape index (κ1) is 18.5. The van der Waals surface area contributed by atoms with E-state index in [0.29, 0.717) is 17.5 Å². The highest BCUT2D eigenvalue weighted by atomic mass is 32.2. The monoisotopic (exact) mass is 348 g/mol. The lowest BCUT2D eigenvalue weighted by molar-refractivity contribution is 0.0627. The number of amides is 1. The summed E-state index contributed by atoms with van der Waals surface area (Å²) in [4.78, 5) is 14.9. The molecule has 1 fully saturated rings. The molecule has 0 aliphatic heterocycles. The first-order valence-electron chi connectivity index (χ1n) is 8.13. The number of rotatable bonds is 7. The number of nitrogens with one attached hydrogen (secondary N) is 1. The normalized spacial score (nSPS) is 15.8. The number of nitrogens with zero attached hydrogens (tertiary/aromatic N) is 1. The Balaban J connectivity index is 2.20. The van der Waals surface area contributed by atoms with Crippen molar-refractivity contribution in [1.29, 1.82) is 0 Å². The van der Waals surface area contributed by atoms with Gasteiger partial charge in [0.05, 0.1) is 11.4 Å². The van der Waals surface area contributed by atoms with Crippen LogP contribution in [0.4, 0.5) is 0 Å². The standard InChI is InChI=1S/C18H24N2O3S/c1-5-12-19-24(22,23)17-10-6-15(7-11-17)18(21)20(16-8-9-16)14(4)13(2)3/h1,6-7,10-11,13-14,16,19H,8-9,12H2,2-4H3/t14-/m1/s1. The van der Waals surface area contributed by atoms with Gasteiger partial charge in [0.25, 0.3) is 5.91 Å². The molecule has 2 rings (SSSR count). The van der Waals surface area contributed by atoms with Crippen molar-refractivity contribution >= 4 is 15.9 Å². The van der Waals surface area contributed by atoms with Gasteiger partial charge in [-0.05, 0) is 49.9 Å². The fraction of sp³-hybridized carbons (Fsp3) is 0.500. The second-order valence-electron chi connectivity index (χ2n) is 6.48. The Morgan fingerprint density at radius 2 is 1.88 bits per heavy atom. The summed E-state index contributed by atoms with van der Waals surface area (Å²) in [6.45, 7) is 6.19. The summed E-state index contributed by atoms with van der Waals surface area (Å²) in [6.07, 6.45) is 7.14. The summed E-state index contributed by atoms with van der Waals surface area (Å²) >= 11 is 0. The molecule has 1 aliphatic rings. The van der Waals surface area contributed by atoms with Gasteiger partial charge in [0, 0.05) is 17.6 Å². The van der Waals surface area contributed by atoms with Crippen molar-refractivity contribution in [1.82, 2.24) is 9.62 Å². The van der Waals surface area contributed by atoms with E-state index in [-0.39, 0.29) is 23.4 Å². The van der Waals surface area contributed by atoms with E-state index in [0.717, 1.165) is 12.8 Å². The van der Waals surface area contributed by atoms with E-state index in [9.17, 15) is 13.2 Å². The highest BCUT2D eigenvalue weighted by Crippen LogP contribution is 2.32. The van der Waals surface area contributed by atoms with E-state index in [1.54, 1.807) is 12.1 Å². The molecule has 0 unspecified atom stereocenters. The van der Waals surface area contributed by atoms with Crippen LogP contribution in [0.1, 0.15) is 44.0 Å². The van der Waals surface area contributed by atoms with Crippen molar-refractivity contribution in [3.05, 3.63) is 29.8 Å². The van der Waals surface area contributed by atoms with Gasteiger partial charge >= 0.3 is 0 Å². The number of benzene rings is 1. The molecule has 1 aromatic carbocycles. The van der Waals surface area contributed by atoms with Gasteiger partial charge in [-0.25, -0.2) is 8.42 Å². The smallest absolute Gasteiger partial charge is 0.254 e. The van der Waals surface area contributed by atoms with E-state index in [2.05, 4.69) is 31.4 Å². The molecule has 24 heavy (non-hydrogen) atoms. The number of terminal acetylenes is 1. The zero-order valence-electron chi connectivity index (χ0n) is 14.3. The van der Waals surface area contributed by atoms with Crippen LogP contribution in [0.5, 0.6) is 0 Å². The third kappa shape index (κ3) is 4.16. The summed E-state index contributed by atoms with van der Waals surface area (Å²) in [5.41, 5.74) is 0.505. The summed E-state index contributed by atoms with van der Waals surface area (Å²) in [5, 5.41) is 0. The van der Waals surface area contributed by atoms with Crippen molar-refractivity contribution in [3.8, 4) is 12.3 Å². The third-order valence-corrected chi connectivity index (χ3v) is 5.77. The Morgan fingerprint density at radius 3 is 2.33 bits per heavy atom. The maximum Gasteiger partial charge on any atom is 0.254 e. The van der Waals surface area contributed by atoms with Crippen LogP contribution in [0.25, 0.3) is 0 Å². The highest BCUT2D eigenvalue weighted by Gasteiger charge is 2.37. The third-order valence-electron chi connectivity index (χ3n) is 4.35. The number of hydrogen-bond donors (Lipinski definition) is 1. The summed E-state index contributed by atoms with van der Waals surface area (Å²) in [6, 6.07) is 6.46. The molecule has 1 aromatic rings. The number of carbonyl (C=O) groups excluding carboxylic acids is 1. The lowest BCUT2D eigenvalue weighted by Gasteiger charge is -2.32. The first-order valence-corrected chi connectivity index (χ1v) is 9.62. The van der Waals surface area contributed by atoms with Crippen molar-refractivity contribution in [3.63, 3.8) is 0 Å². The van der Waals surface area contributed by atoms with Crippen LogP contribution in [0.3, 0.4) is 0 Å². The summed E-state index contributed by atoms with van der Waals surface area (Å²) in [7, 11) is -3.64. The topological polar surface area (TPSA) is 66.5 Å². The molecule has 1 saturated carbocycles. The van der Waals surface area contributed by atoms with Crippen LogP contribution in [0.2, 0.25) is 0 Å². The molecule has 5 nitrogen and oxygen atoms in total. The van der Waals surface area contributed by atoms with Crippen molar-refractivity contribution < 1.29 is 13.2 Å². The van der Waals surface area contributed by atoms with E-state index in [4.69, 9.17) is 6.42 Å². The maximum atomic E-state index is 12.8. The maximum absolute atomic E-state index is 12.8. The lowest BCUT2D eigenvalue weighted by atomic mass is 10.0. The van der Waals surface area contributed by atoms with Crippen LogP contribution in [0.15, 0.2) is 29.2 Å². The lowest BCUT2D eigenvalue weighted by Crippen LogP contribution is -2.43. The van der Waals surface area contributed by atoms with Gasteiger partial charge in [0.15, 0.2) is 0 Å².